The molecule has 20 heavy (non-hydrogen) atoms. The van der Waals surface area contributed by atoms with Crippen molar-refractivity contribution in [3.05, 3.63) is 24.0 Å². The predicted molar refractivity (Wildman–Crippen MR) is 71.8 cm³/mol. The maximum atomic E-state index is 12.3. The summed E-state index contributed by atoms with van der Waals surface area (Å²) in [5.41, 5.74) is 5.39. The second-order valence-electron chi connectivity index (χ2n) is 3.77. The summed E-state index contributed by atoms with van der Waals surface area (Å²) in [6.45, 7) is 0.978. The standard InChI is InChI=1S/C12H15N3O4S/c1-2-15(9-12(13)17)20(18,19)11-6-10(4-3-5-16)7-14-8-11/h6-8,16H,2,5,9H2,1H3,(H2,13,17). The number of carbonyl (C=O) groups is 1. The fourth-order valence-electron chi connectivity index (χ4n) is 1.46. The maximum absolute atomic E-state index is 12.3. The van der Waals surface area contributed by atoms with E-state index >= 15 is 0 Å². The molecule has 0 saturated heterocycles. The summed E-state index contributed by atoms with van der Waals surface area (Å²) in [6.07, 6.45) is 2.55. The molecule has 0 saturated carbocycles. The van der Waals surface area contributed by atoms with Crippen molar-refractivity contribution in [1.82, 2.24) is 9.29 Å². The second-order valence-corrected chi connectivity index (χ2v) is 5.70. The molecular weight excluding hydrogens is 282 g/mol. The van der Waals surface area contributed by atoms with E-state index in [0.717, 1.165) is 4.31 Å². The Morgan fingerprint density at radius 2 is 2.20 bits per heavy atom. The molecule has 0 aromatic carbocycles. The molecule has 1 aromatic rings. The van der Waals surface area contributed by atoms with Crippen molar-refractivity contribution in [1.29, 1.82) is 0 Å². The van der Waals surface area contributed by atoms with Gasteiger partial charge in [0.2, 0.25) is 15.9 Å². The molecule has 0 radical (unpaired) electrons. The first-order valence-corrected chi connectivity index (χ1v) is 7.19. The van der Waals surface area contributed by atoms with Crippen molar-refractivity contribution in [3.63, 3.8) is 0 Å². The zero-order valence-electron chi connectivity index (χ0n) is 10.9. The number of sulfonamides is 1. The number of hydrogen-bond acceptors (Lipinski definition) is 5. The van der Waals surface area contributed by atoms with Crippen LogP contribution < -0.4 is 5.73 Å². The van der Waals surface area contributed by atoms with Gasteiger partial charge in [-0.1, -0.05) is 18.8 Å². The Labute approximate surface area is 117 Å². The minimum absolute atomic E-state index is 0.0784. The van der Waals surface area contributed by atoms with Gasteiger partial charge in [0.1, 0.15) is 11.5 Å². The number of likely N-dealkylation sites (N-methyl/N-ethyl adjacent to an activating group) is 1. The number of nitrogens with two attached hydrogens (primary N) is 1. The van der Waals surface area contributed by atoms with Gasteiger partial charge in [-0.3, -0.25) is 9.78 Å². The lowest BCUT2D eigenvalue weighted by atomic mass is 10.3. The Morgan fingerprint density at radius 1 is 1.50 bits per heavy atom. The third-order valence-electron chi connectivity index (χ3n) is 2.35. The summed E-state index contributed by atoms with van der Waals surface area (Å²) >= 11 is 0. The summed E-state index contributed by atoms with van der Waals surface area (Å²) in [4.78, 5) is 14.6. The molecule has 0 aliphatic rings. The summed E-state index contributed by atoms with van der Waals surface area (Å²) in [7, 11) is -3.85. The van der Waals surface area contributed by atoms with Crippen LogP contribution in [-0.2, 0) is 14.8 Å². The van der Waals surface area contributed by atoms with E-state index in [4.69, 9.17) is 10.8 Å². The monoisotopic (exact) mass is 297 g/mol. The van der Waals surface area contributed by atoms with Crippen molar-refractivity contribution < 1.29 is 18.3 Å². The van der Waals surface area contributed by atoms with Crippen LogP contribution in [0.5, 0.6) is 0 Å². The molecule has 7 nitrogen and oxygen atoms in total. The highest BCUT2D eigenvalue weighted by molar-refractivity contribution is 7.89. The van der Waals surface area contributed by atoms with Gasteiger partial charge in [-0.2, -0.15) is 4.31 Å². The SMILES string of the molecule is CCN(CC(N)=O)S(=O)(=O)c1cncc(C#CCO)c1. The lowest BCUT2D eigenvalue weighted by molar-refractivity contribution is -0.118. The highest BCUT2D eigenvalue weighted by Crippen LogP contribution is 2.15. The van der Waals surface area contributed by atoms with Crippen LogP contribution in [0.1, 0.15) is 12.5 Å². The zero-order valence-corrected chi connectivity index (χ0v) is 11.7. The van der Waals surface area contributed by atoms with Gasteiger partial charge in [-0.25, -0.2) is 8.42 Å². The van der Waals surface area contributed by atoms with Gasteiger partial charge in [0, 0.05) is 24.5 Å². The summed E-state index contributed by atoms with van der Waals surface area (Å²) in [6, 6.07) is 1.33. The van der Waals surface area contributed by atoms with Crippen LogP contribution >= 0.6 is 0 Å². The Balaban J connectivity index is 3.17. The van der Waals surface area contributed by atoms with Gasteiger partial charge in [-0.05, 0) is 6.07 Å². The fraction of sp³-hybridized carbons (Fsp3) is 0.333. The van der Waals surface area contributed by atoms with Crippen molar-refractivity contribution in [2.45, 2.75) is 11.8 Å². The topological polar surface area (TPSA) is 114 Å². The van der Waals surface area contributed by atoms with Gasteiger partial charge >= 0.3 is 0 Å². The molecule has 1 heterocycles. The molecule has 1 amide bonds. The minimum atomic E-state index is -3.85. The smallest absolute Gasteiger partial charge is 0.245 e. The fourth-order valence-corrected chi connectivity index (χ4v) is 2.86. The highest BCUT2D eigenvalue weighted by Gasteiger charge is 2.24. The average Bonchev–Trinajstić information content (AvgIpc) is 2.42. The summed E-state index contributed by atoms with van der Waals surface area (Å²) < 4.78 is 25.6. The number of aliphatic hydroxyl groups is 1. The predicted octanol–water partition coefficient (Wildman–Crippen LogP) is -1.08. The Morgan fingerprint density at radius 3 is 2.75 bits per heavy atom. The number of primary amides is 1. The number of rotatable bonds is 5. The van der Waals surface area contributed by atoms with Gasteiger partial charge in [0.25, 0.3) is 0 Å². The number of carbonyl (C=O) groups excluding carboxylic acids is 1. The Hall–Kier alpha value is -1.95. The van der Waals surface area contributed by atoms with Crippen molar-refractivity contribution in [2.24, 2.45) is 5.73 Å². The van der Waals surface area contributed by atoms with Crippen LogP contribution in [-0.4, -0.2) is 48.4 Å². The molecule has 3 N–H and O–H groups in total. The van der Waals surface area contributed by atoms with E-state index in [2.05, 4.69) is 16.8 Å². The largest absolute Gasteiger partial charge is 0.384 e. The first-order chi connectivity index (χ1) is 9.41. The number of pyridine rings is 1. The number of amides is 1. The summed E-state index contributed by atoms with van der Waals surface area (Å²) in [5, 5.41) is 8.61. The van der Waals surface area contributed by atoms with Crippen molar-refractivity contribution in [2.75, 3.05) is 19.7 Å². The van der Waals surface area contributed by atoms with E-state index in [-0.39, 0.29) is 18.0 Å². The molecule has 0 unspecified atom stereocenters. The Bertz CT molecular complexity index is 646. The van der Waals surface area contributed by atoms with Crippen molar-refractivity contribution >= 4 is 15.9 Å². The molecule has 0 atom stereocenters. The lowest BCUT2D eigenvalue weighted by Gasteiger charge is -2.18. The van der Waals surface area contributed by atoms with Crippen molar-refractivity contribution in [3.8, 4) is 11.8 Å². The average molecular weight is 297 g/mol. The van der Waals surface area contributed by atoms with Crippen LogP contribution in [0.4, 0.5) is 0 Å². The molecule has 108 valence electrons. The zero-order chi connectivity index (χ0) is 15.2. The first kappa shape index (κ1) is 16.1. The van der Waals surface area contributed by atoms with Gasteiger partial charge < -0.3 is 10.8 Å². The van der Waals surface area contributed by atoms with Gasteiger partial charge in [-0.15, -0.1) is 0 Å². The molecule has 8 heteroatoms. The van der Waals surface area contributed by atoms with E-state index in [1.54, 1.807) is 6.92 Å². The lowest BCUT2D eigenvalue weighted by Crippen LogP contribution is -2.38. The second kappa shape index (κ2) is 7.00. The molecule has 1 rings (SSSR count). The molecule has 0 aliphatic carbocycles. The number of nitrogens with zero attached hydrogens (tertiary/aromatic N) is 2. The molecular formula is C12H15N3O4S. The third kappa shape index (κ3) is 4.03. The molecule has 0 bridgehead atoms. The molecule has 1 aromatic heterocycles. The number of aromatic nitrogens is 1. The van der Waals surface area contributed by atoms with Crippen LogP contribution in [0.25, 0.3) is 0 Å². The normalized spacial score (nSPS) is 10.9. The van der Waals surface area contributed by atoms with Crippen LogP contribution in [0.15, 0.2) is 23.4 Å². The molecule has 0 fully saturated rings. The maximum Gasteiger partial charge on any atom is 0.245 e. The van der Waals surface area contributed by atoms with E-state index in [1.165, 1.54) is 18.5 Å². The Kier molecular flexibility index (Phi) is 5.64. The highest BCUT2D eigenvalue weighted by atomic mass is 32.2. The van der Waals surface area contributed by atoms with Crippen LogP contribution in [0.2, 0.25) is 0 Å². The quantitative estimate of drug-likeness (QED) is 0.671. The minimum Gasteiger partial charge on any atom is -0.384 e. The van der Waals surface area contributed by atoms with E-state index < -0.39 is 22.5 Å². The van der Waals surface area contributed by atoms with Crippen LogP contribution in [0, 0.1) is 11.8 Å². The van der Waals surface area contributed by atoms with Gasteiger partial charge in [0.05, 0.1) is 6.54 Å². The summed E-state index contributed by atoms with van der Waals surface area (Å²) in [5.74, 6) is 4.23. The van der Waals surface area contributed by atoms with Crippen LogP contribution in [0.3, 0.4) is 0 Å². The van der Waals surface area contributed by atoms with Gasteiger partial charge in [0.15, 0.2) is 0 Å². The third-order valence-corrected chi connectivity index (χ3v) is 4.23. The molecule has 0 aliphatic heterocycles. The number of hydrogen-bond donors (Lipinski definition) is 2. The van der Waals surface area contributed by atoms with E-state index in [9.17, 15) is 13.2 Å². The van der Waals surface area contributed by atoms with E-state index in [1.807, 2.05) is 0 Å². The number of aliphatic hydroxyl groups excluding tert-OH is 1. The first-order valence-electron chi connectivity index (χ1n) is 5.75. The van der Waals surface area contributed by atoms with E-state index in [0.29, 0.717) is 5.56 Å². The molecule has 0 spiro atoms.